The second-order valence-corrected chi connectivity index (χ2v) is 6.79. The van der Waals surface area contributed by atoms with Gasteiger partial charge in [-0.05, 0) is 17.0 Å². The lowest BCUT2D eigenvalue weighted by Crippen LogP contribution is -2.10. The molecule has 0 spiro atoms. The fourth-order valence-corrected chi connectivity index (χ4v) is 3.31. The molecule has 2 aromatic rings. The highest BCUT2D eigenvalue weighted by Crippen LogP contribution is 2.19. The van der Waals surface area contributed by atoms with Crippen LogP contribution in [-0.2, 0) is 22.6 Å². The van der Waals surface area contributed by atoms with Crippen molar-refractivity contribution in [1.29, 1.82) is 0 Å². The molecular weight excluding hydrogens is 262 g/mol. The Morgan fingerprint density at radius 1 is 1.32 bits per heavy atom. The second kappa shape index (κ2) is 5.13. The molecular formula is C13H17N3O2S. The van der Waals surface area contributed by atoms with Crippen molar-refractivity contribution in [3.63, 3.8) is 0 Å². The summed E-state index contributed by atoms with van der Waals surface area (Å²) in [5.41, 5.74) is 1.92. The van der Waals surface area contributed by atoms with Crippen molar-refractivity contribution < 1.29 is 8.42 Å². The van der Waals surface area contributed by atoms with Crippen molar-refractivity contribution in [2.24, 2.45) is 7.05 Å². The Bertz CT molecular complexity index is 675. The van der Waals surface area contributed by atoms with E-state index >= 15 is 0 Å². The molecule has 19 heavy (non-hydrogen) atoms. The van der Waals surface area contributed by atoms with Crippen LogP contribution < -0.4 is 0 Å². The first kappa shape index (κ1) is 13.7. The lowest BCUT2D eigenvalue weighted by atomic mass is 10.0. The number of rotatable bonds is 4. The maximum absolute atomic E-state index is 12.3. The molecule has 0 bridgehead atoms. The first-order valence-electron chi connectivity index (χ1n) is 6.06. The topological polar surface area (TPSA) is 64.8 Å². The van der Waals surface area contributed by atoms with E-state index in [1.807, 2.05) is 24.3 Å². The molecule has 1 aromatic carbocycles. The molecule has 1 heterocycles. The number of hydrogen-bond acceptors (Lipinski definition) is 4. The van der Waals surface area contributed by atoms with Gasteiger partial charge in [0, 0.05) is 7.05 Å². The van der Waals surface area contributed by atoms with E-state index in [4.69, 9.17) is 0 Å². The summed E-state index contributed by atoms with van der Waals surface area (Å²) >= 11 is 0. The van der Waals surface area contributed by atoms with Gasteiger partial charge in [0.1, 0.15) is 0 Å². The van der Waals surface area contributed by atoms with Crippen LogP contribution in [0.3, 0.4) is 0 Å². The summed E-state index contributed by atoms with van der Waals surface area (Å²) in [5.74, 6) is 0.343. The Kier molecular flexibility index (Phi) is 3.71. The van der Waals surface area contributed by atoms with E-state index in [1.165, 1.54) is 10.9 Å². The number of nitrogens with zero attached hydrogens (tertiary/aromatic N) is 3. The number of aryl methyl sites for hydroxylation is 1. The van der Waals surface area contributed by atoms with Gasteiger partial charge in [-0.15, -0.1) is 5.10 Å². The molecule has 0 saturated carbocycles. The Morgan fingerprint density at radius 2 is 2.05 bits per heavy atom. The molecule has 6 heteroatoms. The minimum atomic E-state index is -3.41. The van der Waals surface area contributed by atoms with Crippen LogP contribution >= 0.6 is 0 Å². The van der Waals surface area contributed by atoms with Crippen LogP contribution in [0.1, 0.15) is 30.9 Å². The standard InChI is InChI=1S/C13H17N3O2S/c1-10(2)12-6-4-5-11(7-12)9-19(17,18)13-8-14-15-16(13)3/h4-8,10H,9H2,1-3H3. The maximum Gasteiger partial charge on any atom is 0.201 e. The van der Waals surface area contributed by atoms with Gasteiger partial charge in [0.25, 0.3) is 0 Å². The molecule has 0 fully saturated rings. The molecule has 2 rings (SSSR count). The molecule has 1 aromatic heterocycles. The quantitative estimate of drug-likeness (QED) is 0.857. The average molecular weight is 279 g/mol. The van der Waals surface area contributed by atoms with E-state index in [0.717, 1.165) is 11.1 Å². The van der Waals surface area contributed by atoms with Crippen LogP contribution in [0.4, 0.5) is 0 Å². The summed E-state index contributed by atoms with van der Waals surface area (Å²) in [4.78, 5) is 0. The highest BCUT2D eigenvalue weighted by molar-refractivity contribution is 7.90. The summed E-state index contributed by atoms with van der Waals surface area (Å²) in [6.45, 7) is 4.16. The Labute approximate surface area is 113 Å². The summed E-state index contributed by atoms with van der Waals surface area (Å²) in [5, 5.41) is 7.41. The lowest BCUT2D eigenvalue weighted by Gasteiger charge is -2.08. The van der Waals surface area contributed by atoms with Crippen LogP contribution in [0.5, 0.6) is 0 Å². The van der Waals surface area contributed by atoms with Gasteiger partial charge < -0.3 is 0 Å². The van der Waals surface area contributed by atoms with Gasteiger partial charge in [0.2, 0.25) is 9.84 Å². The molecule has 5 nitrogen and oxygen atoms in total. The maximum atomic E-state index is 12.3. The third-order valence-electron chi connectivity index (χ3n) is 2.97. The molecule has 102 valence electrons. The molecule has 0 aliphatic rings. The van der Waals surface area contributed by atoms with Crippen LogP contribution in [0.2, 0.25) is 0 Å². The molecule has 0 aliphatic carbocycles. The first-order valence-corrected chi connectivity index (χ1v) is 7.71. The summed E-state index contributed by atoms with van der Waals surface area (Å²) in [6.07, 6.45) is 1.28. The average Bonchev–Trinajstić information content (AvgIpc) is 2.76. The van der Waals surface area contributed by atoms with Gasteiger partial charge in [0.05, 0.1) is 11.9 Å². The third-order valence-corrected chi connectivity index (χ3v) is 4.69. The second-order valence-electron chi connectivity index (χ2n) is 4.85. The number of hydrogen-bond donors (Lipinski definition) is 0. The monoisotopic (exact) mass is 279 g/mol. The fraction of sp³-hybridized carbons (Fsp3) is 0.385. The largest absolute Gasteiger partial charge is 0.237 e. The molecule has 0 aliphatic heterocycles. The highest BCUT2D eigenvalue weighted by Gasteiger charge is 2.20. The summed E-state index contributed by atoms with van der Waals surface area (Å²) in [7, 11) is -1.83. The third kappa shape index (κ3) is 3.01. The predicted octanol–water partition coefficient (Wildman–Crippen LogP) is 1.91. The first-order chi connectivity index (χ1) is 8.90. The lowest BCUT2D eigenvalue weighted by molar-refractivity contribution is 0.573. The fourth-order valence-electron chi connectivity index (χ4n) is 1.90. The Hall–Kier alpha value is -1.69. The number of sulfone groups is 1. The van der Waals surface area contributed by atoms with Gasteiger partial charge in [-0.2, -0.15) is 0 Å². The number of benzene rings is 1. The zero-order valence-electron chi connectivity index (χ0n) is 11.2. The molecule has 0 unspecified atom stereocenters. The van der Waals surface area contributed by atoms with Crippen LogP contribution in [0, 0.1) is 0 Å². The zero-order chi connectivity index (χ0) is 14.0. The Balaban J connectivity index is 2.31. The van der Waals surface area contributed by atoms with Crippen LogP contribution in [-0.4, -0.2) is 23.4 Å². The van der Waals surface area contributed by atoms with E-state index in [2.05, 4.69) is 24.2 Å². The summed E-state index contributed by atoms with van der Waals surface area (Å²) in [6, 6.07) is 7.66. The smallest absolute Gasteiger partial charge is 0.201 e. The summed E-state index contributed by atoms with van der Waals surface area (Å²) < 4.78 is 25.8. The Morgan fingerprint density at radius 3 is 2.63 bits per heavy atom. The van der Waals surface area contributed by atoms with Crippen molar-refractivity contribution >= 4 is 9.84 Å². The van der Waals surface area contributed by atoms with Gasteiger partial charge in [-0.3, -0.25) is 0 Å². The molecule has 0 amide bonds. The van der Waals surface area contributed by atoms with Crippen molar-refractivity contribution in [1.82, 2.24) is 15.0 Å². The van der Waals surface area contributed by atoms with E-state index in [-0.39, 0.29) is 10.8 Å². The van der Waals surface area contributed by atoms with Gasteiger partial charge >= 0.3 is 0 Å². The molecule has 0 N–H and O–H groups in total. The molecule has 0 saturated heterocycles. The van der Waals surface area contributed by atoms with E-state index in [1.54, 1.807) is 7.05 Å². The van der Waals surface area contributed by atoms with E-state index in [9.17, 15) is 8.42 Å². The van der Waals surface area contributed by atoms with Crippen molar-refractivity contribution in [3.05, 3.63) is 41.6 Å². The minimum absolute atomic E-state index is 0.0330. The van der Waals surface area contributed by atoms with Crippen LogP contribution in [0.15, 0.2) is 35.5 Å². The van der Waals surface area contributed by atoms with Gasteiger partial charge in [-0.1, -0.05) is 43.3 Å². The van der Waals surface area contributed by atoms with E-state index < -0.39 is 9.84 Å². The highest BCUT2D eigenvalue weighted by atomic mass is 32.2. The van der Waals surface area contributed by atoms with Gasteiger partial charge in [-0.25, -0.2) is 13.1 Å². The predicted molar refractivity (Wildman–Crippen MR) is 72.4 cm³/mol. The van der Waals surface area contributed by atoms with E-state index in [0.29, 0.717) is 5.92 Å². The van der Waals surface area contributed by atoms with Crippen molar-refractivity contribution in [2.75, 3.05) is 0 Å². The minimum Gasteiger partial charge on any atom is -0.237 e. The zero-order valence-corrected chi connectivity index (χ0v) is 12.1. The van der Waals surface area contributed by atoms with Crippen molar-refractivity contribution in [2.45, 2.75) is 30.5 Å². The number of aromatic nitrogens is 3. The van der Waals surface area contributed by atoms with Gasteiger partial charge in [0.15, 0.2) is 5.03 Å². The molecule has 0 atom stereocenters. The normalized spacial score (nSPS) is 12.0. The molecule has 0 radical (unpaired) electrons. The SMILES string of the molecule is CC(C)c1cccc(CS(=O)(=O)c2cnnn2C)c1. The van der Waals surface area contributed by atoms with Crippen LogP contribution in [0.25, 0.3) is 0 Å². The van der Waals surface area contributed by atoms with Crippen molar-refractivity contribution in [3.8, 4) is 0 Å².